The molecule has 3 heteroatoms. The van der Waals surface area contributed by atoms with Crippen LogP contribution in [-0.2, 0) is 11.2 Å². The number of morpholine rings is 1. The number of ether oxygens (including phenoxy) is 1. The minimum Gasteiger partial charge on any atom is -0.379 e. The molecule has 19 heavy (non-hydrogen) atoms. The fourth-order valence-electron chi connectivity index (χ4n) is 3.68. The Morgan fingerprint density at radius 2 is 2.16 bits per heavy atom. The van der Waals surface area contributed by atoms with Crippen LogP contribution in [0.4, 0.5) is 0 Å². The van der Waals surface area contributed by atoms with Crippen LogP contribution in [0.2, 0.25) is 0 Å². The van der Waals surface area contributed by atoms with Crippen molar-refractivity contribution < 1.29 is 4.74 Å². The SMILES string of the molecule is CNC1c2ccccc2CCC1N1CCOCC1C. The van der Waals surface area contributed by atoms with E-state index in [1.54, 1.807) is 0 Å². The Kier molecular flexibility index (Phi) is 3.87. The molecule has 1 aromatic carbocycles. The molecule has 3 atom stereocenters. The van der Waals surface area contributed by atoms with E-state index in [4.69, 9.17) is 4.74 Å². The van der Waals surface area contributed by atoms with Crippen LogP contribution in [-0.4, -0.2) is 43.8 Å². The van der Waals surface area contributed by atoms with Crippen molar-refractivity contribution >= 4 is 0 Å². The van der Waals surface area contributed by atoms with Gasteiger partial charge in [-0.3, -0.25) is 4.90 Å². The van der Waals surface area contributed by atoms with Crippen LogP contribution in [0, 0.1) is 0 Å². The van der Waals surface area contributed by atoms with Gasteiger partial charge in [-0.2, -0.15) is 0 Å². The van der Waals surface area contributed by atoms with Crippen molar-refractivity contribution in [3.8, 4) is 0 Å². The fourth-order valence-corrected chi connectivity index (χ4v) is 3.68. The van der Waals surface area contributed by atoms with E-state index in [0.717, 1.165) is 19.8 Å². The van der Waals surface area contributed by atoms with E-state index in [0.29, 0.717) is 18.1 Å². The highest BCUT2D eigenvalue weighted by molar-refractivity contribution is 5.34. The van der Waals surface area contributed by atoms with Gasteiger partial charge in [0.25, 0.3) is 0 Å². The summed E-state index contributed by atoms with van der Waals surface area (Å²) in [5.74, 6) is 0. The molecule has 0 radical (unpaired) electrons. The lowest BCUT2D eigenvalue weighted by molar-refractivity contribution is -0.0329. The number of fused-ring (bicyclic) bond motifs is 1. The summed E-state index contributed by atoms with van der Waals surface area (Å²) in [7, 11) is 2.09. The molecule has 1 saturated heterocycles. The number of hydrogen-bond acceptors (Lipinski definition) is 3. The second kappa shape index (κ2) is 5.61. The maximum atomic E-state index is 5.58. The molecule has 0 spiro atoms. The van der Waals surface area contributed by atoms with Gasteiger partial charge in [0.2, 0.25) is 0 Å². The highest BCUT2D eigenvalue weighted by atomic mass is 16.5. The molecule has 3 rings (SSSR count). The monoisotopic (exact) mass is 260 g/mol. The molecule has 2 aliphatic rings. The highest BCUT2D eigenvalue weighted by Gasteiger charge is 2.35. The molecule has 0 amide bonds. The number of nitrogens with one attached hydrogen (secondary N) is 1. The van der Waals surface area contributed by atoms with Crippen molar-refractivity contribution in [3.05, 3.63) is 35.4 Å². The van der Waals surface area contributed by atoms with Crippen molar-refractivity contribution in [2.75, 3.05) is 26.8 Å². The largest absolute Gasteiger partial charge is 0.379 e. The van der Waals surface area contributed by atoms with Crippen LogP contribution in [0.1, 0.15) is 30.5 Å². The van der Waals surface area contributed by atoms with Gasteiger partial charge in [0, 0.05) is 24.7 Å². The Morgan fingerprint density at radius 3 is 2.95 bits per heavy atom. The van der Waals surface area contributed by atoms with E-state index in [1.165, 1.54) is 24.0 Å². The van der Waals surface area contributed by atoms with Gasteiger partial charge in [0.1, 0.15) is 0 Å². The number of likely N-dealkylation sites (N-methyl/N-ethyl adjacent to an activating group) is 1. The quantitative estimate of drug-likeness (QED) is 0.880. The number of hydrogen-bond donors (Lipinski definition) is 1. The van der Waals surface area contributed by atoms with Crippen molar-refractivity contribution in [1.29, 1.82) is 0 Å². The molecule has 1 heterocycles. The molecule has 1 N–H and O–H groups in total. The highest BCUT2D eigenvalue weighted by Crippen LogP contribution is 2.34. The van der Waals surface area contributed by atoms with Crippen LogP contribution >= 0.6 is 0 Å². The van der Waals surface area contributed by atoms with Gasteiger partial charge in [0.15, 0.2) is 0 Å². The summed E-state index contributed by atoms with van der Waals surface area (Å²) in [6, 6.07) is 10.5. The first-order valence-corrected chi connectivity index (χ1v) is 7.40. The van der Waals surface area contributed by atoms with Crippen molar-refractivity contribution in [1.82, 2.24) is 10.2 Å². The lowest BCUT2D eigenvalue weighted by Gasteiger charge is -2.45. The van der Waals surface area contributed by atoms with Gasteiger partial charge in [-0.15, -0.1) is 0 Å². The summed E-state index contributed by atoms with van der Waals surface area (Å²) in [6.45, 7) is 5.09. The molecule has 104 valence electrons. The van der Waals surface area contributed by atoms with Crippen molar-refractivity contribution in [2.24, 2.45) is 0 Å². The summed E-state index contributed by atoms with van der Waals surface area (Å²) >= 11 is 0. The molecule has 0 bridgehead atoms. The van der Waals surface area contributed by atoms with E-state index in [1.807, 2.05) is 0 Å². The van der Waals surface area contributed by atoms with Crippen LogP contribution < -0.4 is 5.32 Å². The average molecular weight is 260 g/mol. The zero-order valence-corrected chi connectivity index (χ0v) is 11.9. The average Bonchev–Trinajstić information content (AvgIpc) is 2.46. The Hall–Kier alpha value is -0.900. The zero-order chi connectivity index (χ0) is 13.2. The number of aryl methyl sites for hydroxylation is 1. The maximum Gasteiger partial charge on any atom is 0.0619 e. The molecule has 0 saturated carbocycles. The van der Waals surface area contributed by atoms with Crippen LogP contribution in [0.15, 0.2) is 24.3 Å². The van der Waals surface area contributed by atoms with Crippen molar-refractivity contribution in [3.63, 3.8) is 0 Å². The fraction of sp³-hybridized carbons (Fsp3) is 0.625. The molecule has 0 aromatic heterocycles. The van der Waals surface area contributed by atoms with E-state index in [-0.39, 0.29) is 0 Å². The second-order valence-corrected chi connectivity index (χ2v) is 5.73. The normalized spacial score (nSPS) is 32.0. The van der Waals surface area contributed by atoms with Crippen LogP contribution in [0.3, 0.4) is 0 Å². The Balaban J connectivity index is 1.87. The molecule has 1 aliphatic carbocycles. The molecule has 3 unspecified atom stereocenters. The Labute approximate surface area is 115 Å². The molecule has 1 fully saturated rings. The first-order valence-electron chi connectivity index (χ1n) is 7.40. The Bertz CT molecular complexity index is 435. The lowest BCUT2D eigenvalue weighted by Crippen LogP contribution is -2.54. The first-order chi connectivity index (χ1) is 9.31. The molecule has 1 aliphatic heterocycles. The van der Waals surface area contributed by atoms with E-state index in [9.17, 15) is 0 Å². The van der Waals surface area contributed by atoms with Crippen molar-refractivity contribution in [2.45, 2.75) is 37.9 Å². The Morgan fingerprint density at radius 1 is 1.32 bits per heavy atom. The van der Waals surface area contributed by atoms with E-state index >= 15 is 0 Å². The molecular formula is C16H24N2O. The number of nitrogens with zero attached hydrogens (tertiary/aromatic N) is 1. The standard InChI is InChI=1S/C16H24N2O/c1-12-11-19-10-9-18(12)15-8-7-13-5-3-4-6-14(13)16(15)17-2/h3-6,12,15-17H,7-11H2,1-2H3. The van der Waals surface area contributed by atoms with Crippen LogP contribution in [0.5, 0.6) is 0 Å². The van der Waals surface area contributed by atoms with Gasteiger partial charge in [-0.05, 0) is 37.9 Å². The van der Waals surface area contributed by atoms with Gasteiger partial charge in [-0.1, -0.05) is 24.3 Å². The third-order valence-electron chi connectivity index (χ3n) is 4.64. The van der Waals surface area contributed by atoms with Gasteiger partial charge < -0.3 is 10.1 Å². The topological polar surface area (TPSA) is 24.5 Å². The summed E-state index contributed by atoms with van der Waals surface area (Å²) in [4.78, 5) is 2.64. The molecule has 1 aromatic rings. The van der Waals surface area contributed by atoms with E-state index < -0.39 is 0 Å². The molecule has 3 nitrogen and oxygen atoms in total. The van der Waals surface area contributed by atoms with Gasteiger partial charge in [0.05, 0.1) is 13.2 Å². The summed E-state index contributed by atoms with van der Waals surface area (Å²) in [5.41, 5.74) is 3.00. The third-order valence-corrected chi connectivity index (χ3v) is 4.64. The maximum absolute atomic E-state index is 5.58. The van der Waals surface area contributed by atoms with Gasteiger partial charge in [-0.25, -0.2) is 0 Å². The predicted octanol–water partition coefficient (Wildman–Crippen LogP) is 1.98. The van der Waals surface area contributed by atoms with E-state index in [2.05, 4.69) is 48.5 Å². The lowest BCUT2D eigenvalue weighted by atomic mass is 9.82. The summed E-state index contributed by atoms with van der Waals surface area (Å²) < 4.78 is 5.58. The minimum atomic E-state index is 0.450. The second-order valence-electron chi connectivity index (χ2n) is 5.73. The van der Waals surface area contributed by atoms with Crippen LogP contribution in [0.25, 0.3) is 0 Å². The summed E-state index contributed by atoms with van der Waals surface area (Å²) in [6.07, 6.45) is 2.44. The van der Waals surface area contributed by atoms with Gasteiger partial charge >= 0.3 is 0 Å². The minimum absolute atomic E-state index is 0.450. The first kappa shape index (κ1) is 13.1. The number of benzene rings is 1. The molecular weight excluding hydrogens is 236 g/mol. The smallest absolute Gasteiger partial charge is 0.0619 e. The predicted molar refractivity (Wildman–Crippen MR) is 77.3 cm³/mol. The third kappa shape index (κ3) is 2.42. The number of rotatable bonds is 2. The zero-order valence-electron chi connectivity index (χ0n) is 11.9. The summed E-state index contributed by atoms with van der Waals surface area (Å²) in [5, 5.41) is 3.55.